The SMILES string of the molecule is Fc1ccc(-c2nc(CCNCC3CC3)co2)cc1. The molecule has 4 heteroatoms. The molecule has 0 bridgehead atoms. The van der Waals surface area contributed by atoms with Crippen LogP contribution < -0.4 is 5.32 Å². The molecule has 1 saturated carbocycles. The van der Waals surface area contributed by atoms with E-state index < -0.39 is 0 Å². The normalized spacial score (nSPS) is 14.8. The summed E-state index contributed by atoms with van der Waals surface area (Å²) >= 11 is 0. The Balaban J connectivity index is 1.54. The summed E-state index contributed by atoms with van der Waals surface area (Å²) < 4.78 is 18.2. The average Bonchev–Trinajstić information content (AvgIpc) is 3.13. The van der Waals surface area contributed by atoms with E-state index in [0.29, 0.717) is 5.89 Å². The van der Waals surface area contributed by atoms with Crippen molar-refractivity contribution in [3.63, 3.8) is 0 Å². The van der Waals surface area contributed by atoms with Gasteiger partial charge in [0.15, 0.2) is 0 Å². The Morgan fingerprint density at radius 3 is 2.79 bits per heavy atom. The van der Waals surface area contributed by atoms with Crippen LogP contribution in [0.3, 0.4) is 0 Å². The van der Waals surface area contributed by atoms with E-state index in [1.165, 1.54) is 25.0 Å². The third-order valence-electron chi connectivity index (χ3n) is 3.33. The van der Waals surface area contributed by atoms with E-state index in [4.69, 9.17) is 4.42 Å². The van der Waals surface area contributed by atoms with Crippen LogP contribution in [0, 0.1) is 11.7 Å². The number of hydrogen-bond acceptors (Lipinski definition) is 3. The summed E-state index contributed by atoms with van der Waals surface area (Å²) in [5, 5.41) is 3.42. The molecule has 0 aliphatic heterocycles. The largest absolute Gasteiger partial charge is 0.444 e. The van der Waals surface area contributed by atoms with E-state index in [-0.39, 0.29) is 5.82 Å². The van der Waals surface area contributed by atoms with Crippen LogP contribution in [-0.2, 0) is 6.42 Å². The Morgan fingerprint density at radius 2 is 2.05 bits per heavy atom. The van der Waals surface area contributed by atoms with Crippen LogP contribution in [-0.4, -0.2) is 18.1 Å². The molecule has 1 aromatic heterocycles. The van der Waals surface area contributed by atoms with Crippen LogP contribution in [0.2, 0.25) is 0 Å². The molecule has 1 N–H and O–H groups in total. The molecule has 0 spiro atoms. The maximum Gasteiger partial charge on any atom is 0.226 e. The standard InChI is InChI=1S/C15H17FN2O/c16-13-5-3-12(4-6-13)15-18-14(10-19-15)7-8-17-9-11-1-2-11/h3-6,10-11,17H,1-2,7-9H2. The van der Waals surface area contributed by atoms with Crippen molar-refractivity contribution in [1.82, 2.24) is 10.3 Å². The number of rotatable bonds is 6. The van der Waals surface area contributed by atoms with E-state index >= 15 is 0 Å². The van der Waals surface area contributed by atoms with E-state index in [1.807, 2.05) is 0 Å². The number of oxazole rings is 1. The fraction of sp³-hybridized carbons (Fsp3) is 0.400. The van der Waals surface area contributed by atoms with Gasteiger partial charge in [-0.25, -0.2) is 9.37 Å². The van der Waals surface area contributed by atoms with Crippen molar-refractivity contribution in [1.29, 1.82) is 0 Å². The number of halogens is 1. The van der Waals surface area contributed by atoms with Gasteiger partial charge in [-0.3, -0.25) is 0 Å². The summed E-state index contributed by atoms with van der Waals surface area (Å²) in [6.07, 6.45) is 5.27. The van der Waals surface area contributed by atoms with Crippen LogP contribution in [0.5, 0.6) is 0 Å². The predicted octanol–water partition coefficient (Wildman–Crippen LogP) is 3.02. The third kappa shape index (κ3) is 3.41. The van der Waals surface area contributed by atoms with Crippen molar-refractivity contribution in [2.45, 2.75) is 19.3 Å². The highest BCUT2D eigenvalue weighted by atomic mass is 19.1. The lowest BCUT2D eigenvalue weighted by atomic mass is 10.2. The molecule has 0 saturated heterocycles. The quantitative estimate of drug-likeness (QED) is 0.811. The number of nitrogens with zero attached hydrogens (tertiary/aromatic N) is 1. The molecule has 3 nitrogen and oxygen atoms in total. The first-order valence-corrected chi connectivity index (χ1v) is 6.72. The van der Waals surface area contributed by atoms with E-state index in [1.54, 1.807) is 18.4 Å². The number of nitrogens with one attached hydrogen (secondary N) is 1. The van der Waals surface area contributed by atoms with Crippen molar-refractivity contribution >= 4 is 0 Å². The second-order valence-corrected chi connectivity index (χ2v) is 5.05. The van der Waals surface area contributed by atoms with Crippen molar-refractivity contribution in [3.8, 4) is 11.5 Å². The molecule has 1 aliphatic carbocycles. The Kier molecular flexibility index (Phi) is 3.60. The summed E-state index contributed by atoms with van der Waals surface area (Å²) in [4.78, 5) is 4.41. The van der Waals surface area contributed by atoms with Gasteiger partial charge in [0.05, 0.1) is 5.69 Å². The van der Waals surface area contributed by atoms with Gasteiger partial charge >= 0.3 is 0 Å². The van der Waals surface area contributed by atoms with Crippen LogP contribution in [0.1, 0.15) is 18.5 Å². The smallest absolute Gasteiger partial charge is 0.226 e. The average molecular weight is 260 g/mol. The fourth-order valence-electron chi connectivity index (χ4n) is 1.99. The van der Waals surface area contributed by atoms with E-state index in [2.05, 4.69) is 10.3 Å². The van der Waals surface area contributed by atoms with Gasteiger partial charge in [0.25, 0.3) is 0 Å². The van der Waals surface area contributed by atoms with Crippen molar-refractivity contribution in [2.75, 3.05) is 13.1 Å². The zero-order valence-electron chi connectivity index (χ0n) is 10.7. The highest BCUT2D eigenvalue weighted by molar-refractivity contribution is 5.52. The zero-order valence-corrected chi connectivity index (χ0v) is 10.7. The van der Waals surface area contributed by atoms with Gasteiger partial charge in [-0.05, 0) is 49.6 Å². The molecule has 0 amide bonds. The summed E-state index contributed by atoms with van der Waals surface area (Å²) in [6, 6.07) is 6.18. The molecule has 0 unspecified atom stereocenters. The molecule has 19 heavy (non-hydrogen) atoms. The first-order valence-electron chi connectivity index (χ1n) is 6.72. The lowest BCUT2D eigenvalue weighted by molar-refractivity contribution is 0.570. The van der Waals surface area contributed by atoms with E-state index in [0.717, 1.165) is 36.7 Å². The monoisotopic (exact) mass is 260 g/mol. The molecule has 3 rings (SSSR count). The number of aromatic nitrogens is 1. The van der Waals surface area contributed by atoms with Crippen molar-refractivity contribution in [3.05, 3.63) is 42.0 Å². The molecular formula is C15H17FN2O. The minimum absolute atomic E-state index is 0.250. The number of benzene rings is 1. The van der Waals surface area contributed by atoms with Gasteiger partial charge in [0, 0.05) is 18.5 Å². The highest BCUT2D eigenvalue weighted by Crippen LogP contribution is 2.27. The molecule has 1 aromatic carbocycles. The first kappa shape index (κ1) is 12.4. The maximum absolute atomic E-state index is 12.8. The maximum atomic E-state index is 12.8. The lowest BCUT2D eigenvalue weighted by Crippen LogP contribution is -2.19. The Labute approximate surface area is 111 Å². The minimum Gasteiger partial charge on any atom is -0.444 e. The van der Waals surface area contributed by atoms with Crippen LogP contribution in [0.25, 0.3) is 11.5 Å². The predicted molar refractivity (Wildman–Crippen MR) is 71.2 cm³/mol. The summed E-state index contributed by atoms with van der Waals surface area (Å²) in [6.45, 7) is 2.04. The second-order valence-electron chi connectivity index (χ2n) is 5.05. The molecule has 2 aromatic rings. The third-order valence-corrected chi connectivity index (χ3v) is 3.33. The summed E-state index contributed by atoms with van der Waals surface area (Å²) in [5.41, 5.74) is 1.74. The molecule has 0 atom stereocenters. The second kappa shape index (κ2) is 5.53. The summed E-state index contributed by atoms with van der Waals surface area (Å²) in [7, 11) is 0. The van der Waals surface area contributed by atoms with Gasteiger partial charge in [-0.2, -0.15) is 0 Å². The van der Waals surface area contributed by atoms with Gasteiger partial charge in [0.1, 0.15) is 12.1 Å². The Hall–Kier alpha value is -1.68. The van der Waals surface area contributed by atoms with Crippen molar-refractivity contribution in [2.24, 2.45) is 5.92 Å². The summed E-state index contributed by atoms with van der Waals surface area (Å²) in [5.74, 6) is 1.20. The molecule has 0 radical (unpaired) electrons. The van der Waals surface area contributed by atoms with Gasteiger partial charge in [-0.1, -0.05) is 0 Å². The van der Waals surface area contributed by atoms with E-state index in [9.17, 15) is 4.39 Å². The van der Waals surface area contributed by atoms with Gasteiger partial charge < -0.3 is 9.73 Å². The van der Waals surface area contributed by atoms with Gasteiger partial charge in [0.2, 0.25) is 5.89 Å². The van der Waals surface area contributed by atoms with Crippen molar-refractivity contribution < 1.29 is 8.81 Å². The Bertz CT molecular complexity index is 531. The van der Waals surface area contributed by atoms with Crippen LogP contribution in [0.4, 0.5) is 4.39 Å². The number of hydrogen-bond donors (Lipinski definition) is 1. The topological polar surface area (TPSA) is 38.1 Å². The molecule has 100 valence electrons. The highest BCUT2D eigenvalue weighted by Gasteiger charge is 2.20. The Morgan fingerprint density at radius 1 is 1.26 bits per heavy atom. The molecule has 1 aliphatic rings. The van der Waals surface area contributed by atoms with Gasteiger partial charge in [-0.15, -0.1) is 0 Å². The lowest BCUT2D eigenvalue weighted by Gasteiger charge is -2.00. The fourth-order valence-corrected chi connectivity index (χ4v) is 1.99. The first-order chi connectivity index (χ1) is 9.31. The zero-order chi connectivity index (χ0) is 13.1. The molecule has 1 fully saturated rings. The van der Waals surface area contributed by atoms with Crippen LogP contribution >= 0.6 is 0 Å². The molecular weight excluding hydrogens is 243 g/mol. The molecule has 1 heterocycles. The van der Waals surface area contributed by atoms with Crippen LogP contribution in [0.15, 0.2) is 34.9 Å². The minimum atomic E-state index is -0.250.